The summed E-state index contributed by atoms with van der Waals surface area (Å²) in [6.07, 6.45) is 9.46. The van der Waals surface area contributed by atoms with Crippen LogP contribution in [-0.4, -0.2) is 66.1 Å². The molecule has 39 heavy (non-hydrogen) atoms. The van der Waals surface area contributed by atoms with E-state index in [0.29, 0.717) is 18.1 Å². The summed E-state index contributed by atoms with van der Waals surface area (Å²) in [4.78, 5) is 6.64. The number of pyridine rings is 1. The molecule has 0 saturated carbocycles. The molecular weight excluding hydrogens is 504 g/mol. The van der Waals surface area contributed by atoms with Crippen molar-refractivity contribution in [1.29, 1.82) is 0 Å². The molecule has 0 amide bonds. The number of likely N-dealkylation sites (tertiary alicyclic amines) is 1. The summed E-state index contributed by atoms with van der Waals surface area (Å²) >= 11 is 0. The first-order valence-electron chi connectivity index (χ1n) is 13.3. The number of benzene rings is 1. The van der Waals surface area contributed by atoms with Gasteiger partial charge in [0.2, 0.25) is 5.82 Å². The SMILES string of the molecule is CC(C)CCn1cc(-c2cnc(N)c(-c3nnnn3-c3ccc(OCCCN4CCCC4)c(F)c3F)c2)cn1. The van der Waals surface area contributed by atoms with Crippen molar-refractivity contribution in [2.24, 2.45) is 5.92 Å². The molecule has 1 aliphatic rings. The third-order valence-electron chi connectivity index (χ3n) is 6.86. The molecule has 10 nitrogen and oxygen atoms in total. The maximum absolute atomic E-state index is 15.2. The summed E-state index contributed by atoms with van der Waals surface area (Å²) < 4.78 is 38.7. The molecule has 4 aromatic rings. The number of halogens is 2. The van der Waals surface area contributed by atoms with Crippen molar-refractivity contribution in [2.45, 2.75) is 46.1 Å². The van der Waals surface area contributed by atoms with Gasteiger partial charge in [-0.05, 0) is 73.3 Å². The van der Waals surface area contributed by atoms with Crippen molar-refractivity contribution >= 4 is 5.82 Å². The summed E-state index contributed by atoms with van der Waals surface area (Å²) in [5.74, 6) is -1.51. The lowest BCUT2D eigenvalue weighted by Gasteiger charge is -2.15. The molecule has 5 rings (SSSR count). The van der Waals surface area contributed by atoms with Crippen LogP contribution in [0.1, 0.15) is 39.5 Å². The average Bonchev–Trinajstić information content (AvgIpc) is 3.70. The van der Waals surface area contributed by atoms with Gasteiger partial charge in [-0.3, -0.25) is 4.68 Å². The number of nitrogens with zero attached hydrogens (tertiary/aromatic N) is 8. The van der Waals surface area contributed by atoms with Gasteiger partial charge >= 0.3 is 0 Å². The molecule has 206 valence electrons. The minimum atomic E-state index is -1.12. The van der Waals surface area contributed by atoms with E-state index in [1.165, 1.54) is 25.0 Å². The molecular formula is C27H33F2N9O. The van der Waals surface area contributed by atoms with Gasteiger partial charge in [0.15, 0.2) is 17.4 Å². The Kier molecular flexibility index (Phi) is 8.10. The van der Waals surface area contributed by atoms with Gasteiger partial charge in [0, 0.05) is 36.6 Å². The van der Waals surface area contributed by atoms with E-state index in [1.807, 2.05) is 10.9 Å². The second-order valence-corrected chi connectivity index (χ2v) is 10.2. The summed E-state index contributed by atoms with van der Waals surface area (Å²) in [6.45, 7) is 8.46. The molecule has 0 radical (unpaired) electrons. The van der Waals surface area contributed by atoms with Crippen LogP contribution >= 0.6 is 0 Å². The fourth-order valence-corrected chi connectivity index (χ4v) is 4.63. The monoisotopic (exact) mass is 537 g/mol. The van der Waals surface area contributed by atoms with Gasteiger partial charge in [0.1, 0.15) is 11.5 Å². The predicted octanol–water partition coefficient (Wildman–Crippen LogP) is 4.36. The van der Waals surface area contributed by atoms with Gasteiger partial charge in [-0.2, -0.15) is 14.2 Å². The molecule has 1 aliphatic heterocycles. The maximum Gasteiger partial charge on any atom is 0.202 e. The van der Waals surface area contributed by atoms with Gasteiger partial charge in [-0.1, -0.05) is 13.8 Å². The fraction of sp³-hybridized carbons (Fsp3) is 0.444. The fourth-order valence-electron chi connectivity index (χ4n) is 4.63. The zero-order valence-corrected chi connectivity index (χ0v) is 22.2. The normalized spacial score (nSPS) is 14.0. The van der Waals surface area contributed by atoms with E-state index in [9.17, 15) is 4.39 Å². The van der Waals surface area contributed by atoms with Crippen LogP contribution in [0.25, 0.3) is 28.2 Å². The first kappa shape index (κ1) is 26.7. The molecule has 0 aliphatic carbocycles. The Morgan fingerprint density at radius 2 is 1.87 bits per heavy atom. The van der Waals surface area contributed by atoms with Crippen molar-refractivity contribution in [2.75, 3.05) is 32.0 Å². The number of hydrogen-bond donors (Lipinski definition) is 1. The van der Waals surface area contributed by atoms with Crippen LogP contribution in [0.3, 0.4) is 0 Å². The third kappa shape index (κ3) is 6.06. The van der Waals surface area contributed by atoms with Crippen molar-refractivity contribution in [3.63, 3.8) is 0 Å². The Bertz CT molecular complexity index is 1410. The molecule has 0 atom stereocenters. The second-order valence-electron chi connectivity index (χ2n) is 10.2. The molecule has 4 heterocycles. The van der Waals surface area contributed by atoms with E-state index in [1.54, 1.807) is 18.5 Å². The number of rotatable bonds is 11. The highest BCUT2D eigenvalue weighted by molar-refractivity contribution is 5.76. The first-order chi connectivity index (χ1) is 18.9. The molecule has 1 fully saturated rings. The summed E-state index contributed by atoms with van der Waals surface area (Å²) in [5.41, 5.74) is 7.97. The van der Waals surface area contributed by atoms with Crippen molar-refractivity contribution in [1.82, 2.24) is 39.9 Å². The largest absolute Gasteiger partial charge is 0.490 e. The Morgan fingerprint density at radius 3 is 2.67 bits per heavy atom. The zero-order valence-electron chi connectivity index (χ0n) is 22.2. The molecule has 3 aromatic heterocycles. The molecule has 12 heteroatoms. The van der Waals surface area contributed by atoms with Crippen molar-refractivity contribution in [3.05, 3.63) is 48.4 Å². The Labute approximate surface area is 225 Å². The van der Waals surface area contributed by atoms with Gasteiger partial charge in [-0.15, -0.1) is 5.10 Å². The van der Waals surface area contributed by atoms with Crippen molar-refractivity contribution < 1.29 is 13.5 Å². The van der Waals surface area contributed by atoms with Crippen LogP contribution in [-0.2, 0) is 6.54 Å². The van der Waals surface area contributed by atoms with E-state index in [-0.39, 0.29) is 23.1 Å². The van der Waals surface area contributed by atoms with Crippen LogP contribution in [0.15, 0.2) is 36.8 Å². The Hall–Kier alpha value is -3.93. The smallest absolute Gasteiger partial charge is 0.202 e. The Morgan fingerprint density at radius 1 is 1.05 bits per heavy atom. The zero-order chi connectivity index (χ0) is 27.4. The number of nitrogen functional groups attached to an aromatic ring is 1. The van der Waals surface area contributed by atoms with Gasteiger partial charge in [-0.25, -0.2) is 9.37 Å². The predicted molar refractivity (Wildman–Crippen MR) is 143 cm³/mol. The van der Waals surface area contributed by atoms with Crippen LogP contribution in [0, 0.1) is 17.6 Å². The molecule has 0 unspecified atom stereocenters. The molecule has 1 saturated heterocycles. The number of nitrogens with two attached hydrogens (primary N) is 1. The lowest BCUT2D eigenvalue weighted by Crippen LogP contribution is -2.22. The van der Waals surface area contributed by atoms with Gasteiger partial charge < -0.3 is 15.4 Å². The summed E-state index contributed by atoms with van der Waals surface area (Å²) in [7, 11) is 0. The standard InChI is InChI=1S/C27H33F2N9O/c1-18(2)8-12-37-17-20(16-32-37)19-14-21(26(30)31-15-19)27-33-34-35-38(27)22-6-7-23(25(29)24(22)28)39-13-5-11-36-9-3-4-10-36/h6-7,14-18H,3-5,8-13H2,1-2H3,(H2,30,31). The lowest BCUT2D eigenvalue weighted by atomic mass is 10.1. The van der Waals surface area contributed by atoms with Crippen molar-refractivity contribution in [3.8, 4) is 34.0 Å². The molecule has 0 spiro atoms. The van der Waals surface area contributed by atoms with Crippen LogP contribution < -0.4 is 10.5 Å². The topological polar surface area (TPSA) is 113 Å². The average molecular weight is 538 g/mol. The molecule has 2 N–H and O–H groups in total. The van der Waals surface area contributed by atoms with E-state index < -0.39 is 11.6 Å². The minimum absolute atomic E-state index is 0.131. The summed E-state index contributed by atoms with van der Waals surface area (Å²) in [5, 5.41) is 16.1. The van der Waals surface area contributed by atoms with E-state index in [4.69, 9.17) is 10.5 Å². The highest BCUT2D eigenvalue weighted by Crippen LogP contribution is 2.31. The number of tetrazole rings is 1. The number of aromatic nitrogens is 7. The number of aryl methyl sites for hydroxylation is 1. The van der Waals surface area contributed by atoms with Crippen LogP contribution in [0.5, 0.6) is 5.75 Å². The Balaban J connectivity index is 1.35. The number of hydrogen-bond acceptors (Lipinski definition) is 8. The lowest BCUT2D eigenvalue weighted by molar-refractivity contribution is 0.253. The summed E-state index contributed by atoms with van der Waals surface area (Å²) in [6, 6.07) is 4.54. The second kappa shape index (κ2) is 11.9. The molecule has 1 aromatic carbocycles. The quantitative estimate of drug-likeness (QED) is 0.281. The maximum atomic E-state index is 15.2. The minimum Gasteiger partial charge on any atom is -0.490 e. The highest BCUT2D eigenvalue weighted by Gasteiger charge is 2.22. The number of ether oxygens (including phenoxy) is 1. The van der Waals surface area contributed by atoms with E-state index >= 15 is 4.39 Å². The van der Waals surface area contributed by atoms with E-state index in [0.717, 1.165) is 54.8 Å². The van der Waals surface area contributed by atoms with Gasteiger partial charge in [0.25, 0.3) is 0 Å². The number of anilines is 1. The van der Waals surface area contributed by atoms with Gasteiger partial charge in [0.05, 0.1) is 18.4 Å². The third-order valence-corrected chi connectivity index (χ3v) is 6.86. The van der Waals surface area contributed by atoms with Crippen LogP contribution in [0.4, 0.5) is 14.6 Å². The van der Waals surface area contributed by atoms with E-state index in [2.05, 4.69) is 44.4 Å². The molecule has 0 bridgehead atoms. The highest BCUT2D eigenvalue weighted by atomic mass is 19.2. The first-order valence-corrected chi connectivity index (χ1v) is 13.3. The van der Waals surface area contributed by atoms with Crippen LogP contribution in [0.2, 0.25) is 0 Å².